The summed E-state index contributed by atoms with van der Waals surface area (Å²) in [4.78, 5) is 37.9. The number of fused-ring (bicyclic) bond motifs is 1. The first-order valence-corrected chi connectivity index (χ1v) is 11.2. The minimum atomic E-state index is -1.30. The van der Waals surface area contributed by atoms with E-state index in [0.29, 0.717) is 0 Å². The largest absolute Gasteiger partial charge is 0.508 e. The smallest absolute Gasteiger partial charge is 0.408 e. The lowest BCUT2D eigenvalue weighted by Crippen LogP contribution is -2.55. The maximum Gasteiger partial charge on any atom is 0.408 e. The van der Waals surface area contributed by atoms with Crippen molar-refractivity contribution in [2.24, 2.45) is 5.73 Å². The Morgan fingerprint density at radius 3 is 2.59 bits per heavy atom. The zero-order chi connectivity index (χ0) is 24.2. The van der Waals surface area contributed by atoms with Gasteiger partial charge in [-0.3, -0.25) is 4.79 Å². The molecule has 1 aliphatic rings. The summed E-state index contributed by atoms with van der Waals surface area (Å²) in [6.07, 6.45) is -0.881. The number of carbonyl (C=O) groups is 3. The number of ether oxygens (including phenoxy) is 2. The number of thioether (sulfide) groups is 1. The molecule has 2 amide bonds. The van der Waals surface area contributed by atoms with Crippen molar-refractivity contribution in [3.8, 4) is 11.5 Å². The number of benzene rings is 1. The van der Waals surface area contributed by atoms with Crippen LogP contribution in [0.3, 0.4) is 0 Å². The van der Waals surface area contributed by atoms with E-state index in [9.17, 15) is 24.6 Å². The average molecular weight is 486 g/mol. The van der Waals surface area contributed by atoms with Crippen molar-refractivity contribution in [2.45, 2.75) is 51.1 Å². The number of alkyl carbamates (subject to hydrolysis) is 1. The van der Waals surface area contributed by atoms with Crippen LogP contribution in [-0.4, -0.2) is 63.2 Å². The van der Waals surface area contributed by atoms with E-state index in [-0.39, 0.29) is 44.7 Å². The predicted octanol–water partition coefficient (Wildman–Crippen LogP) is 1.47. The van der Waals surface area contributed by atoms with Crippen molar-refractivity contribution in [2.75, 3.05) is 12.4 Å². The second-order valence-corrected chi connectivity index (χ2v) is 9.67. The highest BCUT2D eigenvalue weighted by Crippen LogP contribution is 2.35. The molecule has 6 N–H and O–H groups in total. The maximum atomic E-state index is 12.8. The molecule has 0 aromatic heterocycles. The number of hydrogen-bond acceptors (Lipinski definition) is 9. The van der Waals surface area contributed by atoms with Crippen molar-refractivity contribution in [1.82, 2.24) is 10.6 Å². The van der Waals surface area contributed by atoms with Crippen molar-refractivity contribution < 1.29 is 34.1 Å². The summed E-state index contributed by atoms with van der Waals surface area (Å²) in [5, 5.41) is 25.4. The van der Waals surface area contributed by atoms with E-state index in [4.69, 9.17) is 27.4 Å². The third kappa shape index (κ3) is 6.63. The van der Waals surface area contributed by atoms with E-state index < -0.39 is 42.3 Å². The Kier molecular flexibility index (Phi) is 8.18. The number of nitrogens with two attached hydrogens (primary N) is 1. The van der Waals surface area contributed by atoms with Gasteiger partial charge in [-0.05, 0) is 27.7 Å². The van der Waals surface area contributed by atoms with Gasteiger partial charge in [0.15, 0.2) is 0 Å². The molecule has 32 heavy (non-hydrogen) atoms. The molecule has 10 nitrogen and oxygen atoms in total. The SMILES string of the molecule is Cc1c(O)cc(O)c2c1C(=O)OC[C@H](NC(=O)OC(C)(C)C)C(=O)N[C@@H](C(N)=S)CSC2. The first-order valence-electron chi connectivity index (χ1n) is 9.68. The fourth-order valence-electron chi connectivity index (χ4n) is 2.84. The standard InChI is InChI=1S/C20H27N3O7S2/c1-9-13(24)5-14(25)10-7-32-8-12(16(21)31)22-17(26)11(6-29-18(27)15(9)10)23-19(28)30-20(2,3)4/h5,11-12,24-25H,6-8H2,1-4H3,(H2,21,31)(H,22,26)(H,23,28)/t11-,12+/m0/s1. The minimum Gasteiger partial charge on any atom is -0.508 e. The van der Waals surface area contributed by atoms with Crippen LogP contribution in [-0.2, 0) is 20.0 Å². The number of phenols is 2. The highest BCUT2D eigenvalue weighted by atomic mass is 32.2. The second kappa shape index (κ2) is 10.3. The number of esters is 1. The fraction of sp³-hybridized carbons (Fsp3) is 0.500. The Balaban J connectivity index is 2.40. The first kappa shape index (κ1) is 25.5. The molecule has 0 spiro atoms. The number of aromatic hydroxyl groups is 2. The summed E-state index contributed by atoms with van der Waals surface area (Å²) < 4.78 is 10.5. The van der Waals surface area contributed by atoms with Gasteiger partial charge in [0.05, 0.1) is 16.6 Å². The molecular weight excluding hydrogens is 458 g/mol. The molecule has 176 valence electrons. The number of carbonyl (C=O) groups excluding carboxylic acids is 3. The lowest BCUT2D eigenvalue weighted by Gasteiger charge is -2.26. The number of hydrogen-bond donors (Lipinski definition) is 5. The third-order valence-electron chi connectivity index (χ3n) is 4.43. The zero-order valence-electron chi connectivity index (χ0n) is 18.2. The van der Waals surface area contributed by atoms with Gasteiger partial charge in [0.2, 0.25) is 5.91 Å². The summed E-state index contributed by atoms with van der Waals surface area (Å²) in [7, 11) is 0. The van der Waals surface area contributed by atoms with Crippen LogP contribution in [0.4, 0.5) is 4.79 Å². The highest BCUT2D eigenvalue weighted by molar-refractivity contribution is 7.98. The molecule has 12 heteroatoms. The second-order valence-electron chi connectivity index (χ2n) is 8.17. The van der Waals surface area contributed by atoms with Crippen molar-refractivity contribution >= 4 is 46.9 Å². The minimum absolute atomic E-state index is 0.0149. The van der Waals surface area contributed by atoms with Gasteiger partial charge in [-0.2, -0.15) is 11.8 Å². The van der Waals surface area contributed by atoms with Crippen LogP contribution < -0.4 is 16.4 Å². The Bertz CT molecular complexity index is 931. The molecule has 0 aliphatic carbocycles. The predicted molar refractivity (Wildman–Crippen MR) is 123 cm³/mol. The number of phenolic OH excluding ortho intramolecular Hbond substituents is 2. The molecule has 0 radical (unpaired) electrons. The highest BCUT2D eigenvalue weighted by Gasteiger charge is 2.30. The molecule has 1 heterocycles. The van der Waals surface area contributed by atoms with Crippen LogP contribution in [0.2, 0.25) is 0 Å². The number of cyclic esters (lactones) is 1. The van der Waals surface area contributed by atoms with Gasteiger partial charge in [-0.1, -0.05) is 12.2 Å². The van der Waals surface area contributed by atoms with Gasteiger partial charge in [-0.15, -0.1) is 0 Å². The van der Waals surface area contributed by atoms with Crippen molar-refractivity contribution in [1.29, 1.82) is 0 Å². The van der Waals surface area contributed by atoms with E-state index in [2.05, 4.69) is 10.6 Å². The number of rotatable bonds is 2. The summed E-state index contributed by atoms with van der Waals surface area (Å²) in [6, 6.07) is -0.873. The first-order chi connectivity index (χ1) is 14.8. The normalized spacial score (nSPS) is 20.0. The molecule has 0 saturated carbocycles. The molecule has 1 aliphatic heterocycles. The Morgan fingerprint density at radius 1 is 1.34 bits per heavy atom. The Hall–Kier alpha value is -2.73. The summed E-state index contributed by atoms with van der Waals surface area (Å²) in [5.41, 5.74) is 5.40. The van der Waals surface area contributed by atoms with Crippen LogP contribution in [0, 0.1) is 6.92 Å². The van der Waals surface area contributed by atoms with E-state index >= 15 is 0 Å². The molecule has 0 unspecified atom stereocenters. The van der Waals surface area contributed by atoms with Gasteiger partial charge in [0, 0.05) is 28.7 Å². The summed E-state index contributed by atoms with van der Waals surface area (Å²) in [5.74, 6) is -1.67. The molecular formula is C20H27N3O7S2. The van der Waals surface area contributed by atoms with E-state index in [0.717, 1.165) is 6.07 Å². The Labute approximate surface area is 195 Å². The van der Waals surface area contributed by atoms with Crippen LogP contribution in [0.5, 0.6) is 11.5 Å². The quantitative estimate of drug-likeness (QED) is 0.306. The lowest BCUT2D eigenvalue weighted by atomic mass is 10.0. The van der Waals surface area contributed by atoms with Gasteiger partial charge in [0.25, 0.3) is 0 Å². The zero-order valence-corrected chi connectivity index (χ0v) is 19.8. The lowest BCUT2D eigenvalue weighted by molar-refractivity contribution is -0.124. The monoisotopic (exact) mass is 485 g/mol. The maximum absolute atomic E-state index is 12.8. The fourth-order valence-corrected chi connectivity index (χ4v) is 4.20. The number of nitrogens with one attached hydrogen (secondary N) is 2. The molecule has 1 aromatic carbocycles. The summed E-state index contributed by atoms with van der Waals surface area (Å²) in [6.45, 7) is 5.95. The van der Waals surface area contributed by atoms with Crippen LogP contribution in [0.15, 0.2) is 6.07 Å². The molecule has 2 rings (SSSR count). The van der Waals surface area contributed by atoms with E-state index in [1.165, 1.54) is 18.7 Å². The van der Waals surface area contributed by atoms with Gasteiger partial charge in [0.1, 0.15) is 29.7 Å². The summed E-state index contributed by atoms with van der Waals surface area (Å²) >= 11 is 6.30. The van der Waals surface area contributed by atoms with Gasteiger partial charge < -0.3 is 36.1 Å². The third-order valence-corrected chi connectivity index (χ3v) is 5.77. The van der Waals surface area contributed by atoms with Crippen LogP contribution >= 0.6 is 24.0 Å². The number of amides is 2. The molecule has 0 fully saturated rings. The van der Waals surface area contributed by atoms with E-state index in [1.54, 1.807) is 20.8 Å². The molecule has 1 aromatic rings. The topological polar surface area (TPSA) is 160 Å². The Morgan fingerprint density at radius 2 is 2.00 bits per heavy atom. The van der Waals surface area contributed by atoms with Gasteiger partial charge in [-0.25, -0.2) is 9.59 Å². The van der Waals surface area contributed by atoms with E-state index in [1.807, 2.05) is 0 Å². The van der Waals surface area contributed by atoms with Crippen molar-refractivity contribution in [3.63, 3.8) is 0 Å². The van der Waals surface area contributed by atoms with Gasteiger partial charge >= 0.3 is 12.1 Å². The number of thiocarbonyl (C=S) groups is 1. The van der Waals surface area contributed by atoms with Crippen LogP contribution in [0.1, 0.15) is 42.3 Å². The molecule has 0 bridgehead atoms. The molecule has 0 saturated heterocycles. The van der Waals surface area contributed by atoms with Crippen molar-refractivity contribution in [3.05, 3.63) is 22.8 Å². The van der Waals surface area contributed by atoms with Crippen LogP contribution in [0.25, 0.3) is 0 Å². The average Bonchev–Trinajstić information content (AvgIpc) is 2.65. The molecule has 2 atom stereocenters.